The van der Waals surface area contributed by atoms with Crippen molar-refractivity contribution in [1.82, 2.24) is 0 Å². The number of nitrogens with one attached hydrogen (secondary N) is 4. The molecule has 0 heterocycles. The van der Waals surface area contributed by atoms with Crippen molar-refractivity contribution in [3.63, 3.8) is 0 Å². The predicted octanol–water partition coefficient (Wildman–Crippen LogP) is -0.712. The molecule has 4 amide bonds. The van der Waals surface area contributed by atoms with E-state index in [2.05, 4.69) is 30.6 Å². The number of anilines is 4. The molecule has 0 aliphatic heterocycles. The first-order valence-electron chi connectivity index (χ1n) is 12.0. The maximum Gasteiger partial charge on any atom is 1.00 e. The van der Waals surface area contributed by atoms with Crippen LogP contribution >= 0.6 is 12.0 Å². The zero-order valence-electron chi connectivity index (χ0n) is 23.5. The van der Waals surface area contributed by atoms with E-state index in [4.69, 9.17) is 0 Å². The second-order valence-corrected chi connectivity index (χ2v) is 10.5. The monoisotopic (exact) mass is 652 g/mol. The Kier molecular flexibility index (Phi) is 15.6. The van der Waals surface area contributed by atoms with E-state index < -0.39 is 27.1 Å². The van der Waals surface area contributed by atoms with E-state index in [1.54, 1.807) is 66.7 Å². The Balaban J connectivity index is 0.00000337. The summed E-state index contributed by atoms with van der Waals surface area (Å²) >= 11 is 0.555. The summed E-state index contributed by atoms with van der Waals surface area (Å²) in [4.78, 5) is 24.4. The van der Waals surface area contributed by atoms with Crippen LogP contribution in [0.4, 0.5) is 32.3 Å². The fraction of sp³-hybridized carbons (Fsp3) is 0. The Hall–Kier alpha value is -2.70. The molecule has 0 aliphatic carbocycles. The summed E-state index contributed by atoms with van der Waals surface area (Å²) < 4.78 is 40.6. The number of urea groups is 2. The first kappa shape index (κ1) is 37.5. The Morgan fingerprint density at radius 1 is 0.659 bits per heavy atom. The third kappa shape index (κ3) is 11.7. The first-order valence-corrected chi connectivity index (χ1v) is 14.2. The van der Waals surface area contributed by atoms with Gasteiger partial charge in [-0.1, -0.05) is 60.7 Å². The van der Waals surface area contributed by atoms with Gasteiger partial charge in [0, 0.05) is 27.6 Å². The standard InChI is InChI=1S/C28H24N4O8S2.2Na/c33-27(29-21-7-3-1-4-8-21)31-23-15-13-19(25(17-23)41-40-39-35)11-12-20-14-16-24(18-26(20)42(36,37)38)32-28(34)30-22-9-5-2-6-10-22;;/h1-18,35H,(H2,29,31,33)(H2,30,32,34)(H,36,37,38);;/q;2*+1/p-2. The van der Waals surface area contributed by atoms with Crippen LogP contribution in [0, 0.1) is 0 Å². The molecule has 0 saturated carbocycles. The number of rotatable bonds is 10. The van der Waals surface area contributed by atoms with Crippen molar-refractivity contribution in [3.8, 4) is 0 Å². The Labute approximate surface area is 302 Å². The molecule has 44 heavy (non-hydrogen) atoms. The van der Waals surface area contributed by atoms with E-state index in [1.807, 2.05) is 6.07 Å². The van der Waals surface area contributed by atoms with Gasteiger partial charge in [-0.25, -0.2) is 18.0 Å². The summed E-state index contributed by atoms with van der Waals surface area (Å²) in [6, 6.07) is 24.7. The molecule has 12 nitrogen and oxygen atoms in total. The van der Waals surface area contributed by atoms with Gasteiger partial charge in [0.15, 0.2) is 0 Å². The second-order valence-electron chi connectivity index (χ2n) is 8.40. The van der Waals surface area contributed by atoms with Gasteiger partial charge in [-0.05, 0) is 59.7 Å². The topological polar surface area (TPSA) is 181 Å². The van der Waals surface area contributed by atoms with Crippen LogP contribution in [0.3, 0.4) is 0 Å². The molecule has 0 fully saturated rings. The van der Waals surface area contributed by atoms with Crippen LogP contribution in [-0.4, -0.2) is 25.0 Å². The van der Waals surface area contributed by atoms with Crippen LogP contribution in [0.25, 0.3) is 12.2 Å². The third-order valence-corrected chi connectivity index (χ3v) is 7.02. The summed E-state index contributed by atoms with van der Waals surface area (Å²) in [7, 11) is -4.94. The van der Waals surface area contributed by atoms with Gasteiger partial charge in [0.2, 0.25) is 0 Å². The summed E-state index contributed by atoms with van der Waals surface area (Å²) in [6.07, 6.45) is 2.84. The van der Waals surface area contributed by atoms with Crippen molar-refractivity contribution in [2.24, 2.45) is 0 Å². The van der Waals surface area contributed by atoms with Crippen LogP contribution in [0.1, 0.15) is 11.1 Å². The van der Waals surface area contributed by atoms with Crippen LogP contribution < -0.4 is 85.6 Å². The van der Waals surface area contributed by atoms with Crippen molar-refractivity contribution in [3.05, 3.63) is 108 Å². The molecule has 16 heteroatoms. The number of para-hydroxylation sites is 2. The largest absolute Gasteiger partial charge is 1.00 e. The molecule has 4 aromatic carbocycles. The second kappa shape index (κ2) is 18.3. The number of carbonyl (C=O) groups is 2. The molecular formula is C28H22N4Na2O8S2. The van der Waals surface area contributed by atoms with Gasteiger partial charge in [0.1, 0.15) is 10.1 Å². The van der Waals surface area contributed by atoms with E-state index in [1.165, 1.54) is 30.4 Å². The summed E-state index contributed by atoms with van der Waals surface area (Å²) in [6.45, 7) is 0. The van der Waals surface area contributed by atoms with Gasteiger partial charge < -0.3 is 31.1 Å². The number of hydrogen-bond donors (Lipinski definition) is 4. The van der Waals surface area contributed by atoms with Crippen molar-refractivity contribution in [2.75, 3.05) is 21.3 Å². The molecule has 4 aromatic rings. The smallest absolute Gasteiger partial charge is 0.744 e. The van der Waals surface area contributed by atoms with Crippen molar-refractivity contribution >= 4 is 69.1 Å². The van der Waals surface area contributed by atoms with E-state index in [0.717, 1.165) is 6.07 Å². The van der Waals surface area contributed by atoms with Crippen molar-refractivity contribution in [1.29, 1.82) is 0 Å². The van der Waals surface area contributed by atoms with Gasteiger partial charge in [0.05, 0.1) is 16.9 Å². The number of amides is 4. The predicted molar refractivity (Wildman–Crippen MR) is 156 cm³/mol. The fourth-order valence-corrected chi connectivity index (χ4v) is 4.85. The normalized spacial score (nSPS) is 10.7. The number of hydrogen-bond acceptors (Lipinski definition) is 9. The van der Waals surface area contributed by atoms with Gasteiger partial charge in [-0.15, -0.1) is 0 Å². The summed E-state index contributed by atoms with van der Waals surface area (Å²) in [5, 5.41) is 24.3. The molecule has 0 unspecified atom stereocenters. The van der Waals surface area contributed by atoms with E-state index in [0.29, 0.717) is 39.6 Å². The molecule has 0 aromatic heterocycles. The SMILES string of the molecule is O=C(Nc1ccccc1)Nc1ccc(C=Cc2ccc(NC(=O)Nc3ccccc3)cc2S(=O)(=O)[O-])c(SOO[O-])c1.[Na+].[Na+]. The van der Waals surface area contributed by atoms with Crippen LogP contribution in [0.5, 0.6) is 0 Å². The molecule has 0 bridgehead atoms. The van der Waals surface area contributed by atoms with Gasteiger partial charge in [-0.3, -0.25) is 5.04 Å². The summed E-state index contributed by atoms with van der Waals surface area (Å²) in [5.41, 5.74) is 2.00. The van der Waals surface area contributed by atoms with Crippen molar-refractivity contribution in [2.45, 2.75) is 9.79 Å². The summed E-state index contributed by atoms with van der Waals surface area (Å²) in [5.74, 6) is 0. The van der Waals surface area contributed by atoms with E-state index >= 15 is 0 Å². The molecule has 216 valence electrons. The zero-order valence-corrected chi connectivity index (χ0v) is 29.1. The minimum Gasteiger partial charge on any atom is -0.744 e. The Morgan fingerprint density at radius 2 is 1.11 bits per heavy atom. The Morgan fingerprint density at radius 3 is 1.61 bits per heavy atom. The fourth-order valence-electron chi connectivity index (χ4n) is 3.65. The molecule has 0 radical (unpaired) electrons. The molecule has 4 rings (SSSR count). The van der Waals surface area contributed by atoms with Gasteiger partial charge in [-0.2, -0.15) is 4.33 Å². The number of carbonyl (C=O) groups excluding carboxylic acids is 2. The van der Waals surface area contributed by atoms with Crippen LogP contribution in [0.2, 0.25) is 0 Å². The van der Waals surface area contributed by atoms with Gasteiger partial charge in [0.25, 0.3) is 0 Å². The van der Waals surface area contributed by atoms with Crippen LogP contribution in [-0.2, 0) is 19.5 Å². The minimum absolute atomic E-state index is 0. The van der Waals surface area contributed by atoms with Crippen LogP contribution in [0.15, 0.2) is 107 Å². The molecule has 0 aliphatic rings. The average molecular weight is 653 g/mol. The zero-order chi connectivity index (χ0) is 30.0. The van der Waals surface area contributed by atoms with E-state index in [9.17, 15) is 27.8 Å². The van der Waals surface area contributed by atoms with E-state index in [-0.39, 0.29) is 70.4 Å². The van der Waals surface area contributed by atoms with Gasteiger partial charge >= 0.3 is 71.2 Å². The number of benzene rings is 4. The van der Waals surface area contributed by atoms with Crippen molar-refractivity contribution < 1.29 is 96.3 Å². The molecule has 0 saturated heterocycles. The molecular weight excluding hydrogens is 630 g/mol. The maximum atomic E-state index is 12.4. The quantitative estimate of drug-likeness (QED) is 0.0430. The minimum atomic E-state index is -4.94. The molecule has 4 N–H and O–H groups in total. The average Bonchev–Trinajstić information content (AvgIpc) is 2.96. The molecule has 0 atom stereocenters. The Bertz CT molecular complexity index is 1700. The molecule has 0 spiro atoms. The third-order valence-electron chi connectivity index (χ3n) is 5.47. The maximum absolute atomic E-state index is 12.4. The first-order chi connectivity index (χ1) is 20.2.